The van der Waals surface area contributed by atoms with Crippen LogP contribution in [-0.2, 0) is 6.54 Å². The van der Waals surface area contributed by atoms with E-state index in [2.05, 4.69) is 155 Å². The van der Waals surface area contributed by atoms with Gasteiger partial charge in [0.25, 0.3) is 0 Å². The summed E-state index contributed by atoms with van der Waals surface area (Å²) in [5, 5.41) is 5.87. The second kappa shape index (κ2) is 14.9. The van der Waals surface area contributed by atoms with Crippen molar-refractivity contribution in [2.75, 3.05) is 0 Å². The van der Waals surface area contributed by atoms with Crippen LogP contribution in [-0.4, -0.2) is 33.3 Å². The van der Waals surface area contributed by atoms with Crippen molar-refractivity contribution in [3.63, 3.8) is 0 Å². The van der Waals surface area contributed by atoms with Crippen molar-refractivity contribution in [2.45, 2.75) is 6.54 Å². The molecule has 6 heteroatoms. The number of hydrogen-bond acceptors (Lipinski definition) is 4. The van der Waals surface area contributed by atoms with Gasteiger partial charge in [0.2, 0.25) is 0 Å². The molecule has 0 N–H and O–H groups in total. The van der Waals surface area contributed by atoms with E-state index in [4.69, 9.17) is 15.0 Å². The summed E-state index contributed by atoms with van der Waals surface area (Å²) < 4.78 is 0. The predicted octanol–water partition coefficient (Wildman–Crippen LogP) is 11.4. The summed E-state index contributed by atoms with van der Waals surface area (Å²) in [6.45, 7) is 4.17. The molecule has 6 nitrogen and oxygen atoms in total. The Kier molecular flexibility index (Phi) is 9.04. The van der Waals surface area contributed by atoms with E-state index < -0.39 is 0 Å². The normalized spacial score (nSPS) is 12.0. The van der Waals surface area contributed by atoms with Gasteiger partial charge in [0.05, 0.1) is 17.8 Å². The second-order valence-corrected chi connectivity index (χ2v) is 13.2. The van der Waals surface area contributed by atoms with Crippen LogP contribution >= 0.6 is 0 Å². The van der Waals surface area contributed by atoms with Crippen molar-refractivity contribution >= 4 is 50.8 Å². The minimum Gasteiger partial charge on any atom is -0.264 e. The maximum atomic E-state index is 5.20. The number of fused-ring (bicyclic) bond motifs is 4. The molecule has 0 atom stereocenters. The van der Waals surface area contributed by atoms with E-state index in [1.54, 1.807) is 24.8 Å². The van der Waals surface area contributed by atoms with Crippen LogP contribution in [0.15, 0.2) is 197 Å². The number of benzene rings is 6. The first-order valence-electron chi connectivity index (χ1n) is 18.1. The van der Waals surface area contributed by atoms with Gasteiger partial charge >= 0.3 is 0 Å². The maximum Gasteiger partial charge on any atom is 0.162 e. The van der Waals surface area contributed by atoms with E-state index >= 15 is 0 Å². The number of pyridine rings is 3. The Morgan fingerprint density at radius 3 is 1.91 bits per heavy atom. The molecule has 0 unspecified atom stereocenters. The fourth-order valence-electron chi connectivity index (χ4n) is 7.20. The summed E-state index contributed by atoms with van der Waals surface area (Å²) in [4.78, 5) is 27.8. The molecule has 3 heterocycles. The maximum absolute atomic E-state index is 5.20. The minimum absolute atomic E-state index is 0.414. The molecule has 0 radical (unpaired) electrons. The zero-order chi connectivity index (χ0) is 37.0. The topological polar surface area (TPSA) is 75.8 Å². The van der Waals surface area contributed by atoms with Crippen molar-refractivity contribution in [1.29, 1.82) is 0 Å². The van der Waals surface area contributed by atoms with Gasteiger partial charge in [-0.2, -0.15) is 0 Å². The third-order valence-corrected chi connectivity index (χ3v) is 9.89. The average molecular weight is 707 g/mol. The standard InChI is InChI=1S/C49H34N6/c1-50-48(38-14-9-27-51-30-38)55-49(39-15-10-28-52-31-39)53-32-37-23-25-41(43-18-8-7-16-40(37)43)35-19-21-36(22-20-35)46-29-44(33-11-3-2-4-12-33)47-42-17-6-5-13-34(42)24-26-45(47)54-46/h2-31H,1,32H2. The van der Waals surface area contributed by atoms with Crippen molar-refractivity contribution in [3.8, 4) is 33.5 Å². The highest BCUT2D eigenvalue weighted by Gasteiger charge is 2.14. The van der Waals surface area contributed by atoms with Gasteiger partial charge in [-0.05, 0) is 92.5 Å². The lowest BCUT2D eigenvalue weighted by molar-refractivity contribution is 1.07. The van der Waals surface area contributed by atoms with Crippen molar-refractivity contribution < 1.29 is 0 Å². The predicted molar refractivity (Wildman–Crippen MR) is 228 cm³/mol. The summed E-state index contributed by atoms with van der Waals surface area (Å²) in [5.41, 5.74) is 10.3. The fraction of sp³-hybridized carbons (Fsp3) is 0.0204. The molecular weight excluding hydrogens is 673 g/mol. The van der Waals surface area contributed by atoms with E-state index in [-0.39, 0.29) is 0 Å². The second-order valence-electron chi connectivity index (χ2n) is 13.2. The lowest BCUT2D eigenvalue weighted by Gasteiger charge is -2.14. The van der Waals surface area contributed by atoms with E-state index in [0.29, 0.717) is 18.2 Å². The van der Waals surface area contributed by atoms with Crippen LogP contribution in [0, 0.1) is 0 Å². The Morgan fingerprint density at radius 2 is 1.18 bits per heavy atom. The van der Waals surface area contributed by atoms with Crippen molar-refractivity contribution in [2.24, 2.45) is 15.0 Å². The molecule has 9 aromatic rings. The molecule has 0 spiro atoms. The van der Waals surface area contributed by atoms with Gasteiger partial charge in [-0.3, -0.25) is 15.0 Å². The van der Waals surface area contributed by atoms with E-state index in [9.17, 15) is 0 Å². The van der Waals surface area contributed by atoms with Gasteiger partial charge in [0, 0.05) is 46.9 Å². The largest absolute Gasteiger partial charge is 0.264 e. The lowest BCUT2D eigenvalue weighted by atomic mass is 9.93. The molecular formula is C49H34N6. The zero-order valence-electron chi connectivity index (χ0n) is 29.9. The van der Waals surface area contributed by atoms with Gasteiger partial charge in [0.15, 0.2) is 11.7 Å². The number of amidine groups is 2. The quantitative estimate of drug-likeness (QED) is 0.0940. The first-order valence-corrected chi connectivity index (χ1v) is 18.1. The van der Waals surface area contributed by atoms with Crippen LogP contribution in [0.25, 0.3) is 66.0 Å². The molecule has 9 rings (SSSR count). The van der Waals surface area contributed by atoms with Crippen LogP contribution in [0.1, 0.15) is 16.7 Å². The SMILES string of the molecule is C=NC(=NC(=NCc1ccc(-c2ccc(-c3cc(-c4ccccc4)c4c(ccc5ccccc54)n3)cc2)c2ccccc12)c1cccnc1)c1cccnc1. The Bertz CT molecular complexity index is 2880. The van der Waals surface area contributed by atoms with Crippen LogP contribution < -0.4 is 0 Å². The Hall–Kier alpha value is -7.44. The van der Waals surface area contributed by atoms with Crippen LogP contribution in [0.3, 0.4) is 0 Å². The number of aromatic nitrogens is 3. The third kappa shape index (κ3) is 6.69. The van der Waals surface area contributed by atoms with Gasteiger partial charge in [-0.1, -0.05) is 121 Å². The van der Waals surface area contributed by atoms with Gasteiger partial charge in [0.1, 0.15) is 0 Å². The summed E-state index contributed by atoms with van der Waals surface area (Å²) in [7, 11) is 0. The average Bonchev–Trinajstić information content (AvgIpc) is 3.27. The molecule has 3 aromatic heterocycles. The molecule has 0 aliphatic rings. The molecule has 0 bridgehead atoms. The minimum atomic E-state index is 0.414. The van der Waals surface area contributed by atoms with Crippen LogP contribution in [0.5, 0.6) is 0 Å². The number of hydrogen-bond donors (Lipinski definition) is 0. The number of nitrogens with zero attached hydrogens (tertiary/aromatic N) is 6. The lowest BCUT2D eigenvalue weighted by Crippen LogP contribution is -2.06. The first kappa shape index (κ1) is 33.4. The highest BCUT2D eigenvalue weighted by Crippen LogP contribution is 2.38. The Balaban J connectivity index is 1.08. The number of rotatable bonds is 7. The highest BCUT2D eigenvalue weighted by atomic mass is 15.0. The molecule has 0 aliphatic heterocycles. The molecule has 0 saturated heterocycles. The van der Waals surface area contributed by atoms with Crippen molar-refractivity contribution in [1.82, 2.24) is 15.0 Å². The number of aliphatic imine (C=N–C) groups is 3. The van der Waals surface area contributed by atoms with E-state index in [1.807, 2.05) is 24.3 Å². The molecule has 0 saturated carbocycles. The molecule has 0 aliphatic carbocycles. The summed E-state index contributed by atoms with van der Waals surface area (Å²) >= 11 is 0. The Morgan fingerprint density at radius 1 is 0.527 bits per heavy atom. The summed E-state index contributed by atoms with van der Waals surface area (Å²) in [5.74, 6) is 0.969. The molecule has 260 valence electrons. The van der Waals surface area contributed by atoms with E-state index in [1.165, 1.54) is 27.3 Å². The monoisotopic (exact) mass is 706 g/mol. The third-order valence-electron chi connectivity index (χ3n) is 9.89. The molecule has 0 amide bonds. The Labute approximate surface area is 319 Å². The first-order chi connectivity index (χ1) is 27.2. The van der Waals surface area contributed by atoms with Crippen LogP contribution in [0.2, 0.25) is 0 Å². The molecule has 0 fully saturated rings. The molecule has 6 aromatic carbocycles. The summed E-state index contributed by atoms with van der Waals surface area (Å²) in [6, 6.07) is 54.8. The smallest absolute Gasteiger partial charge is 0.162 e. The molecule has 55 heavy (non-hydrogen) atoms. The van der Waals surface area contributed by atoms with Crippen molar-refractivity contribution in [3.05, 3.63) is 199 Å². The van der Waals surface area contributed by atoms with E-state index in [0.717, 1.165) is 55.4 Å². The highest BCUT2D eigenvalue weighted by molar-refractivity contribution is 6.14. The van der Waals surface area contributed by atoms with Gasteiger partial charge in [-0.25, -0.2) is 15.0 Å². The summed E-state index contributed by atoms with van der Waals surface area (Å²) in [6.07, 6.45) is 6.93. The van der Waals surface area contributed by atoms with Gasteiger partial charge < -0.3 is 0 Å². The van der Waals surface area contributed by atoms with Gasteiger partial charge in [-0.15, -0.1) is 0 Å². The fourth-order valence-corrected chi connectivity index (χ4v) is 7.20. The van der Waals surface area contributed by atoms with Crippen LogP contribution in [0.4, 0.5) is 0 Å². The zero-order valence-corrected chi connectivity index (χ0v) is 29.9.